The molecule has 1 atom stereocenters. The molecule has 0 bridgehead atoms. The zero-order valence-electron chi connectivity index (χ0n) is 11.3. The van der Waals surface area contributed by atoms with E-state index in [-0.39, 0.29) is 0 Å². The summed E-state index contributed by atoms with van der Waals surface area (Å²) in [6, 6.07) is 0.790. The summed E-state index contributed by atoms with van der Waals surface area (Å²) in [7, 11) is 4.25. The van der Waals surface area contributed by atoms with Crippen molar-refractivity contribution in [1.82, 2.24) is 15.1 Å². The molecule has 0 aromatic carbocycles. The summed E-state index contributed by atoms with van der Waals surface area (Å²) >= 11 is 0. The molecule has 96 valence electrons. The first-order valence-electron chi connectivity index (χ1n) is 6.79. The molecule has 16 heavy (non-hydrogen) atoms. The maximum absolute atomic E-state index is 3.52. The summed E-state index contributed by atoms with van der Waals surface area (Å²) in [5, 5.41) is 3.52. The standard InChI is InChI=1S/C13H29N3/c1-13-7-5-4-6-10-16(13)12-9-14-8-11-15(2)3/h13-14H,4-12H2,1-3H3. The van der Waals surface area contributed by atoms with E-state index in [9.17, 15) is 0 Å². The number of likely N-dealkylation sites (N-methyl/N-ethyl adjacent to an activating group) is 1. The SMILES string of the molecule is CC1CCCCCN1CCNCCN(C)C. The van der Waals surface area contributed by atoms with Crippen molar-refractivity contribution in [3.8, 4) is 0 Å². The largest absolute Gasteiger partial charge is 0.314 e. The second-order valence-corrected chi connectivity index (χ2v) is 5.29. The van der Waals surface area contributed by atoms with E-state index in [0.29, 0.717) is 0 Å². The second kappa shape index (κ2) is 8.04. The molecule has 1 fully saturated rings. The van der Waals surface area contributed by atoms with Gasteiger partial charge in [0, 0.05) is 32.2 Å². The van der Waals surface area contributed by atoms with Gasteiger partial charge in [-0.3, -0.25) is 4.90 Å². The highest BCUT2D eigenvalue weighted by atomic mass is 15.2. The first-order valence-corrected chi connectivity index (χ1v) is 6.79. The smallest absolute Gasteiger partial charge is 0.0110 e. The van der Waals surface area contributed by atoms with Crippen molar-refractivity contribution in [2.45, 2.75) is 38.6 Å². The van der Waals surface area contributed by atoms with Gasteiger partial charge in [-0.25, -0.2) is 0 Å². The van der Waals surface area contributed by atoms with Crippen LogP contribution in [0.5, 0.6) is 0 Å². The molecule has 1 rings (SSSR count). The predicted octanol–water partition coefficient (Wildman–Crippen LogP) is 1.40. The number of nitrogens with one attached hydrogen (secondary N) is 1. The van der Waals surface area contributed by atoms with Gasteiger partial charge in [0.25, 0.3) is 0 Å². The highest BCUT2D eigenvalue weighted by Gasteiger charge is 2.15. The number of hydrogen-bond acceptors (Lipinski definition) is 3. The Balaban J connectivity index is 2.06. The second-order valence-electron chi connectivity index (χ2n) is 5.29. The monoisotopic (exact) mass is 227 g/mol. The number of likely N-dealkylation sites (tertiary alicyclic amines) is 1. The topological polar surface area (TPSA) is 18.5 Å². The average molecular weight is 227 g/mol. The predicted molar refractivity (Wildman–Crippen MR) is 70.9 cm³/mol. The normalized spacial score (nSPS) is 23.6. The Morgan fingerprint density at radius 2 is 2.00 bits per heavy atom. The Hall–Kier alpha value is -0.120. The lowest BCUT2D eigenvalue weighted by molar-refractivity contribution is 0.213. The molecule has 0 aromatic rings. The summed E-state index contributed by atoms with van der Waals surface area (Å²) < 4.78 is 0. The molecule has 1 heterocycles. The minimum absolute atomic E-state index is 0.790. The zero-order chi connectivity index (χ0) is 11.8. The molecule has 0 radical (unpaired) electrons. The van der Waals surface area contributed by atoms with Gasteiger partial charge in [-0.2, -0.15) is 0 Å². The van der Waals surface area contributed by atoms with E-state index in [1.165, 1.54) is 38.8 Å². The van der Waals surface area contributed by atoms with Gasteiger partial charge in [-0.15, -0.1) is 0 Å². The van der Waals surface area contributed by atoms with Crippen LogP contribution in [-0.4, -0.2) is 62.7 Å². The van der Waals surface area contributed by atoms with Crippen molar-refractivity contribution in [2.75, 3.05) is 46.8 Å². The van der Waals surface area contributed by atoms with Gasteiger partial charge >= 0.3 is 0 Å². The molecule has 0 aromatic heterocycles. The van der Waals surface area contributed by atoms with Crippen LogP contribution in [0.3, 0.4) is 0 Å². The fraction of sp³-hybridized carbons (Fsp3) is 1.00. The third kappa shape index (κ3) is 5.83. The van der Waals surface area contributed by atoms with Crippen molar-refractivity contribution in [3.63, 3.8) is 0 Å². The number of hydrogen-bond donors (Lipinski definition) is 1. The van der Waals surface area contributed by atoms with Gasteiger partial charge in [-0.1, -0.05) is 12.8 Å². The van der Waals surface area contributed by atoms with E-state index in [1.54, 1.807) is 0 Å². The minimum atomic E-state index is 0.790. The van der Waals surface area contributed by atoms with Gasteiger partial charge in [0.2, 0.25) is 0 Å². The van der Waals surface area contributed by atoms with Crippen LogP contribution in [0.15, 0.2) is 0 Å². The van der Waals surface area contributed by atoms with Crippen LogP contribution in [0.25, 0.3) is 0 Å². The molecule has 1 saturated heterocycles. The molecule has 0 amide bonds. The quantitative estimate of drug-likeness (QED) is 0.692. The summed E-state index contributed by atoms with van der Waals surface area (Å²) in [4.78, 5) is 4.87. The van der Waals surface area contributed by atoms with Crippen molar-refractivity contribution in [2.24, 2.45) is 0 Å². The fourth-order valence-electron chi connectivity index (χ4n) is 2.32. The van der Waals surface area contributed by atoms with E-state index >= 15 is 0 Å². The van der Waals surface area contributed by atoms with E-state index < -0.39 is 0 Å². The average Bonchev–Trinajstić information content (AvgIpc) is 2.43. The summed E-state index contributed by atoms with van der Waals surface area (Å²) in [5.74, 6) is 0. The van der Waals surface area contributed by atoms with Gasteiger partial charge in [-0.05, 0) is 40.4 Å². The molecule has 1 aliphatic heterocycles. The molecule has 0 spiro atoms. The van der Waals surface area contributed by atoms with Crippen molar-refractivity contribution in [3.05, 3.63) is 0 Å². The van der Waals surface area contributed by atoms with Crippen LogP contribution < -0.4 is 5.32 Å². The van der Waals surface area contributed by atoms with Crippen LogP contribution in [-0.2, 0) is 0 Å². The number of nitrogens with zero attached hydrogens (tertiary/aromatic N) is 2. The fourth-order valence-corrected chi connectivity index (χ4v) is 2.32. The molecule has 1 unspecified atom stereocenters. The Morgan fingerprint density at radius 1 is 1.19 bits per heavy atom. The van der Waals surface area contributed by atoms with Gasteiger partial charge in [0.1, 0.15) is 0 Å². The number of rotatable bonds is 6. The van der Waals surface area contributed by atoms with Gasteiger partial charge in [0.05, 0.1) is 0 Å². The molecule has 1 aliphatic rings. The Kier molecular flexibility index (Phi) is 7.01. The van der Waals surface area contributed by atoms with Gasteiger partial charge < -0.3 is 10.2 Å². The first kappa shape index (κ1) is 13.9. The van der Waals surface area contributed by atoms with Gasteiger partial charge in [0.15, 0.2) is 0 Å². The molecular weight excluding hydrogens is 198 g/mol. The maximum atomic E-state index is 3.52. The highest BCUT2D eigenvalue weighted by Crippen LogP contribution is 2.15. The molecule has 0 saturated carbocycles. The molecular formula is C13H29N3. The van der Waals surface area contributed by atoms with E-state index in [0.717, 1.165) is 25.7 Å². The van der Waals surface area contributed by atoms with Crippen molar-refractivity contribution in [1.29, 1.82) is 0 Å². The first-order chi connectivity index (χ1) is 7.70. The third-order valence-corrected chi connectivity index (χ3v) is 3.50. The van der Waals surface area contributed by atoms with E-state index in [4.69, 9.17) is 0 Å². The third-order valence-electron chi connectivity index (χ3n) is 3.50. The zero-order valence-corrected chi connectivity index (χ0v) is 11.3. The minimum Gasteiger partial charge on any atom is -0.314 e. The maximum Gasteiger partial charge on any atom is 0.0110 e. The Labute approximate surface area is 101 Å². The lowest BCUT2D eigenvalue weighted by Crippen LogP contribution is -2.39. The lowest BCUT2D eigenvalue weighted by Gasteiger charge is -2.27. The Bertz CT molecular complexity index is 171. The van der Waals surface area contributed by atoms with Crippen LogP contribution in [0.1, 0.15) is 32.6 Å². The summed E-state index contributed by atoms with van der Waals surface area (Å²) in [6.07, 6.45) is 5.63. The molecule has 3 heteroatoms. The lowest BCUT2D eigenvalue weighted by atomic mass is 10.1. The van der Waals surface area contributed by atoms with Crippen LogP contribution in [0, 0.1) is 0 Å². The highest BCUT2D eigenvalue weighted by molar-refractivity contribution is 4.72. The van der Waals surface area contributed by atoms with Crippen LogP contribution in [0.2, 0.25) is 0 Å². The van der Waals surface area contributed by atoms with Crippen LogP contribution in [0.4, 0.5) is 0 Å². The molecule has 3 nitrogen and oxygen atoms in total. The van der Waals surface area contributed by atoms with Crippen molar-refractivity contribution < 1.29 is 0 Å². The van der Waals surface area contributed by atoms with E-state index in [1.807, 2.05) is 0 Å². The summed E-state index contributed by atoms with van der Waals surface area (Å²) in [6.45, 7) is 8.28. The van der Waals surface area contributed by atoms with Crippen molar-refractivity contribution >= 4 is 0 Å². The molecule has 0 aliphatic carbocycles. The molecule has 1 N–H and O–H groups in total. The van der Waals surface area contributed by atoms with E-state index in [2.05, 4.69) is 36.1 Å². The Morgan fingerprint density at radius 3 is 2.75 bits per heavy atom. The van der Waals surface area contributed by atoms with Crippen LogP contribution >= 0.6 is 0 Å². The summed E-state index contributed by atoms with van der Waals surface area (Å²) in [5.41, 5.74) is 0.